The summed E-state index contributed by atoms with van der Waals surface area (Å²) >= 11 is 0. The highest BCUT2D eigenvalue weighted by Gasteiger charge is 2.00. The van der Waals surface area contributed by atoms with Gasteiger partial charge in [0.15, 0.2) is 0 Å². The molecular formula is C8H15N2O5P. The molecular weight excluding hydrogens is 235 g/mol. The summed E-state index contributed by atoms with van der Waals surface area (Å²) in [6.07, 6.45) is 0. The highest BCUT2D eigenvalue weighted by atomic mass is 31.2. The maximum atomic E-state index is 9.07. The second-order valence-corrected chi connectivity index (χ2v) is 4.12. The number of nitrogens with zero attached hydrogens (tertiary/aromatic N) is 1. The van der Waals surface area contributed by atoms with Crippen molar-refractivity contribution in [1.29, 1.82) is 0 Å². The molecule has 0 spiro atoms. The SMILES string of the molecule is CN(N)Cc1cccc(O)c1.O=P(O)(O)O. The average molecular weight is 250 g/mol. The highest BCUT2D eigenvalue weighted by Crippen LogP contribution is 2.25. The summed E-state index contributed by atoms with van der Waals surface area (Å²) in [5, 5.41) is 10.6. The Balaban J connectivity index is 0.000000385. The molecule has 0 amide bonds. The molecule has 0 aromatic heterocycles. The van der Waals surface area contributed by atoms with E-state index in [9.17, 15) is 0 Å². The van der Waals surface area contributed by atoms with Gasteiger partial charge in [0, 0.05) is 13.6 Å². The van der Waals surface area contributed by atoms with Crippen molar-refractivity contribution in [3.05, 3.63) is 29.8 Å². The molecule has 0 aliphatic heterocycles. The lowest BCUT2D eigenvalue weighted by atomic mass is 10.2. The molecule has 0 atom stereocenters. The van der Waals surface area contributed by atoms with E-state index in [1.807, 2.05) is 6.07 Å². The van der Waals surface area contributed by atoms with Gasteiger partial charge in [0.25, 0.3) is 0 Å². The van der Waals surface area contributed by atoms with Crippen LogP contribution in [-0.2, 0) is 11.1 Å². The van der Waals surface area contributed by atoms with Gasteiger partial charge >= 0.3 is 7.82 Å². The molecule has 1 aromatic carbocycles. The van der Waals surface area contributed by atoms with E-state index in [1.165, 1.54) is 0 Å². The summed E-state index contributed by atoms with van der Waals surface area (Å²) in [7, 11) is -2.86. The van der Waals surface area contributed by atoms with Gasteiger partial charge in [-0.1, -0.05) is 12.1 Å². The monoisotopic (exact) mass is 250 g/mol. The van der Waals surface area contributed by atoms with E-state index < -0.39 is 7.82 Å². The molecule has 0 bridgehead atoms. The third kappa shape index (κ3) is 11.1. The van der Waals surface area contributed by atoms with Gasteiger partial charge in [-0.15, -0.1) is 0 Å². The zero-order valence-corrected chi connectivity index (χ0v) is 9.58. The lowest BCUT2D eigenvalue weighted by Gasteiger charge is -2.08. The summed E-state index contributed by atoms with van der Waals surface area (Å²) < 4.78 is 8.88. The first-order valence-electron chi connectivity index (χ1n) is 4.20. The number of benzene rings is 1. The van der Waals surface area contributed by atoms with Crippen LogP contribution in [0.25, 0.3) is 0 Å². The van der Waals surface area contributed by atoms with Crippen LogP contribution in [-0.4, -0.2) is 31.8 Å². The Morgan fingerprint density at radius 3 is 2.25 bits per heavy atom. The zero-order valence-electron chi connectivity index (χ0n) is 8.69. The predicted molar refractivity (Wildman–Crippen MR) is 58.0 cm³/mol. The molecule has 0 aliphatic rings. The fourth-order valence-corrected chi connectivity index (χ4v) is 0.943. The number of phosphoric acid groups is 1. The van der Waals surface area contributed by atoms with Gasteiger partial charge in [0.1, 0.15) is 5.75 Å². The molecule has 0 fully saturated rings. The molecule has 16 heavy (non-hydrogen) atoms. The van der Waals surface area contributed by atoms with Crippen molar-refractivity contribution in [2.24, 2.45) is 5.84 Å². The fourth-order valence-electron chi connectivity index (χ4n) is 0.943. The van der Waals surface area contributed by atoms with Gasteiger partial charge in [-0.25, -0.2) is 9.57 Å². The quantitative estimate of drug-likeness (QED) is 0.278. The van der Waals surface area contributed by atoms with E-state index in [0.717, 1.165) is 5.56 Å². The first-order chi connectivity index (χ1) is 7.18. The van der Waals surface area contributed by atoms with Gasteiger partial charge in [-0.05, 0) is 17.7 Å². The number of phenols is 1. The summed E-state index contributed by atoms with van der Waals surface area (Å²) in [5.41, 5.74) is 1.01. The minimum absolute atomic E-state index is 0.282. The highest BCUT2D eigenvalue weighted by molar-refractivity contribution is 7.45. The third-order valence-corrected chi connectivity index (χ3v) is 1.34. The Morgan fingerprint density at radius 1 is 1.38 bits per heavy atom. The van der Waals surface area contributed by atoms with Gasteiger partial charge in [0.05, 0.1) is 0 Å². The molecule has 0 saturated carbocycles. The van der Waals surface area contributed by atoms with Gasteiger partial charge in [-0.3, -0.25) is 5.84 Å². The van der Waals surface area contributed by atoms with Crippen LogP contribution in [0.4, 0.5) is 0 Å². The van der Waals surface area contributed by atoms with E-state index in [0.29, 0.717) is 6.54 Å². The smallest absolute Gasteiger partial charge is 0.466 e. The maximum absolute atomic E-state index is 9.07. The largest absolute Gasteiger partial charge is 0.508 e. The van der Waals surface area contributed by atoms with Crippen LogP contribution in [0.5, 0.6) is 5.75 Å². The van der Waals surface area contributed by atoms with Crippen LogP contribution in [0.1, 0.15) is 5.56 Å². The molecule has 0 saturated heterocycles. The number of hydrazine groups is 1. The number of phenolic OH excluding ortho intramolecular Hbond substituents is 1. The topological polar surface area (TPSA) is 127 Å². The Bertz CT molecular complexity index is 357. The zero-order chi connectivity index (χ0) is 12.8. The van der Waals surface area contributed by atoms with Gasteiger partial charge < -0.3 is 19.8 Å². The van der Waals surface area contributed by atoms with Crippen LogP contribution < -0.4 is 5.84 Å². The van der Waals surface area contributed by atoms with Crippen molar-refractivity contribution in [3.63, 3.8) is 0 Å². The number of hydrogen-bond acceptors (Lipinski definition) is 4. The first kappa shape index (κ1) is 15.0. The van der Waals surface area contributed by atoms with Crippen LogP contribution in [0.3, 0.4) is 0 Å². The van der Waals surface area contributed by atoms with Crippen molar-refractivity contribution in [2.45, 2.75) is 6.54 Å². The second-order valence-electron chi connectivity index (χ2n) is 3.10. The molecule has 8 heteroatoms. The van der Waals surface area contributed by atoms with Crippen LogP contribution >= 0.6 is 7.82 Å². The Morgan fingerprint density at radius 2 is 1.88 bits per heavy atom. The maximum Gasteiger partial charge on any atom is 0.466 e. The van der Waals surface area contributed by atoms with Crippen LogP contribution in [0.15, 0.2) is 24.3 Å². The van der Waals surface area contributed by atoms with Gasteiger partial charge in [0.2, 0.25) is 0 Å². The van der Waals surface area contributed by atoms with E-state index in [4.69, 9.17) is 30.2 Å². The van der Waals surface area contributed by atoms with Crippen molar-refractivity contribution in [1.82, 2.24) is 5.01 Å². The molecule has 92 valence electrons. The predicted octanol–water partition coefficient (Wildman–Crippen LogP) is -0.231. The Labute approximate surface area is 93.0 Å². The summed E-state index contributed by atoms with van der Waals surface area (Å²) in [6.45, 7) is 0.647. The standard InChI is InChI=1S/C8H12N2O.H3O4P/c1-10(9)6-7-3-2-4-8(11)5-7;1-5(2,3)4/h2-5,11H,6,9H2,1H3;(H3,1,2,3,4). The Hall–Kier alpha value is -0.950. The van der Waals surface area contributed by atoms with E-state index in [2.05, 4.69) is 0 Å². The molecule has 0 heterocycles. The third-order valence-electron chi connectivity index (χ3n) is 1.34. The van der Waals surface area contributed by atoms with Gasteiger partial charge in [-0.2, -0.15) is 0 Å². The number of hydrogen-bond donors (Lipinski definition) is 5. The normalized spacial score (nSPS) is 10.9. The molecule has 0 unspecified atom stereocenters. The van der Waals surface area contributed by atoms with Crippen molar-refractivity contribution < 1.29 is 24.4 Å². The van der Waals surface area contributed by atoms with Crippen LogP contribution in [0.2, 0.25) is 0 Å². The van der Waals surface area contributed by atoms with E-state index in [1.54, 1.807) is 30.3 Å². The lowest BCUT2D eigenvalue weighted by Crippen LogP contribution is -2.24. The van der Waals surface area contributed by atoms with E-state index in [-0.39, 0.29) is 5.75 Å². The number of nitrogens with two attached hydrogens (primary N) is 1. The fraction of sp³-hybridized carbons (Fsp3) is 0.250. The second kappa shape index (κ2) is 6.59. The molecule has 0 aliphatic carbocycles. The molecule has 1 aromatic rings. The average Bonchev–Trinajstić information content (AvgIpc) is 1.98. The summed E-state index contributed by atoms with van der Waals surface area (Å²) in [6, 6.07) is 7.06. The van der Waals surface area contributed by atoms with Crippen molar-refractivity contribution >= 4 is 7.82 Å². The Kier molecular flexibility index (Phi) is 6.20. The molecule has 6 N–H and O–H groups in total. The number of rotatable bonds is 2. The molecule has 0 radical (unpaired) electrons. The summed E-state index contributed by atoms with van der Waals surface area (Å²) in [5.74, 6) is 5.71. The van der Waals surface area contributed by atoms with Crippen LogP contribution in [0, 0.1) is 0 Å². The summed E-state index contributed by atoms with van der Waals surface area (Å²) in [4.78, 5) is 21.6. The number of aromatic hydroxyl groups is 1. The van der Waals surface area contributed by atoms with Crippen molar-refractivity contribution in [2.75, 3.05) is 7.05 Å². The lowest BCUT2D eigenvalue weighted by molar-refractivity contribution is 0.275. The van der Waals surface area contributed by atoms with E-state index >= 15 is 0 Å². The molecule has 1 rings (SSSR count). The van der Waals surface area contributed by atoms with Crippen molar-refractivity contribution in [3.8, 4) is 5.75 Å². The molecule has 7 nitrogen and oxygen atoms in total. The minimum Gasteiger partial charge on any atom is -0.508 e. The first-order valence-corrected chi connectivity index (χ1v) is 5.77. The minimum atomic E-state index is -4.64.